The third kappa shape index (κ3) is 4.47. The molecule has 0 aliphatic carbocycles. The van der Waals surface area contributed by atoms with Crippen molar-refractivity contribution < 1.29 is 24.2 Å². The predicted octanol–water partition coefficient (Wildman–Crippen LogP) is 1.53. The molecule has 132 valence electrons. The largest absolute Gasteiger partial charge is 0.550 e. The summed E-state index contributed by atoms with van der Waals surface area (Å²) < 4.78 is 10.5. The van der Waals surface area contributed by atoms with Crippen molar-refractivity contribution in [3.63, 3.8) is 0 Å². The van der Waals surface area contributed by atoms with Crippen LogP contribution >= 0.6 is 0 Å². The van der Waals surface area contributed by atoms with E-state index < -0.39 is 23.6 Å². The number of hydrogen-bond acceptors (Lipinski definition) is 5. The maximum atomic E-state index is 12.2. The maximum absolute atomic E-state index is 12.2. The highest BCUT2D eigenvalue weighted by Gasteiger charge is 2.38. The molecule has 2 rings (SSSR count). The molecule has 0 N–H and O–H groups in total. The van der Waals surface area contributed by atoms with E-state index >= 15 is 0 Å². The number of likely N-dealkylation sites (tertiary alicyclic amines) is 1. The van der Waals surface area contributed by atoms with Crippen LogP contribution in [-0.2, 0) is 20.9 Å². The number of hydrogen-bond donors (Lipinski definition) is 0. The van der Waals surface area contributed by atoms with Gasteiger partial charge < -0.3 is 24.3 Å². The second-order valence-corrected chi connectivity index (χ2v) is 7.10. The lowest BCUT2D eigenvalue weighted by Gasteiger charge is -2.24. The zero-order valence-electron chi connectivity index (χ0n) is 14.6. The Morgan fingerprint density at radius 1 is 1.29 bits per heavy atom. The van der Waals surface area contributed by atoms with Crippen LogP contribution in [0, 0.1) is 5.92 Å². The molecule has 0 unspecified atom stereocenters. The van der Waals surface area contributed by atoms with Crippen molar-refractivity contribution in [2.45, 2.75) is 38.9 Å². The van der Waals surface area contributed by atoms with Crippen LogP contribution in [0.15, 0.2) is 24.3 Å². The quantitative estimate of drug-likeness (QED) is 0.834. The van der Waals surface area contributed by atoms with Crippen LogP contribution in [0.1, 0.15) is 37.8 Å². The molecule has 6 heteroatoms. The Morgan fingerprint density at radius 2 is 2.00 bits per heavy atom. The first-order valence-electron chi connectivity index (χ1n) is 7.98. The summed E-state index contributed by atoms with van der Waals surface area (Å²) in [5, 5.41) is 11.5. The van der Waals surface area contributed by atoms with Crippen molar-refractivity contribution in [2.24, 2.45) is 5.92 Å². The highest BCUT2D eigenvalue weighted by atomic mass is 16.6. The SMILES string of the molecule is COCc1cccc([C@H]2CN(C(=O)OC(C)(C)C)C[C@@H]2C(=O)[O-])c1. The van der Waals surface area contributed by atoms with Gasteiger partial charge in [0.2, 0.25) is 0 Å². The van der Waals surface area contributed by atoms with Crippen LogP contribution in [0.5, 0.6) is 0 Å². The zero-order valence-corrected chi connectivity index (χ0v) is 14.6. The molecule has 2 atom stereocenters. The van der Waals surface area contributed by atoms with Gasteiger partial charge in [-0.1, -0.05) is 24.3 Å². The molecule has 1 heterocycles. The second-order valence-electron chi connectivity index (χ2n) is 7.10. The van der Waals surface area contributed by atoms with Crippen molar-refractivity contribution >= 4 is 12.1 Å². The van der Waals surface area contributed by atoms with Gasteiger partial charge in [-0.3, -0.25) is 0 Å². The number of methoxy groups -OCH3 is 1. The molecule has 6 nitrogen and oxygen atoms in total. The number of benzene rings is 1. The average molecular weight is 334 g/mol. The van der Waals surface area contributed by atoms with E-state index in [0.29, 0.717) is 13.2 Å². The summed E-state index contributed by atoms with van der Waals surface area (Å²) in [6.45, 7) is 6.18. The maximum Gasteiger partial charge on any atom is 0.410 e. The monoisotopic (exact) mass is 334 g/mol. The van der Waals surface area contributed by atoms with Crippen LogP contribution in [0.3, 0.4) is 0 Å². The second kappa shape index (κ2) is 7.21. The van der Waals surface area contributed by atoms with Crippen LogP contribution < -0.4 is 5.11 Å². The number of aliphatic carboxylic acids is 1. The summed E-state index contributed by atoms with van der Waals surface area (Å²) >= 11 is 0. The third-order valence-corrected chi connectivity index (χ3v) is 3.96. The van der Waals surface area contributed by atoms with E-state index in [2.05, 4.69) is 0 Å². The van der Waals surface area contributed by atoms with Gasteiger partial charge in [0.15, 0.2) is 0 Å². The zero-order chi connectivity index (χ0) is 17.9. The Hall–Kier alpha value is -2.08. The fourth-order valence-corrected chi connectivity index (χ4v) is 2.94. The van der Waals surface area contributed by atoms with Gasteiger partial charge >= 0.3 is 6.09 Å². The summed E-state index contributed by atoms with van der Waals surface area (Å²) in [6, 6.07) is 7.58. The number of carbonyl (C=O) groups is 2. The van der Waals surface area contributed by atoms with Crippen molar-refractivity contribution in [3.8, 4) is 0 Å². The summed E-state index contributed by atoms with van der Waals surface area (Å²) in [4.78, 5) is 25.2. The van der Waals surface area contributed by atoms with E-state index in [9.17, 15) is 14.7 Å². The fourth-order valence-electron chi connectivity index (χ4n) is 2.94. The standard InChI is InChI=1S/C18H25NO5/c1-18(2,3)24-17(22)19-9-14(15(10-19)16(20)21)13-7-5-6-12(8-13)11-23-4/h5-8,14-15H,9-11H2,1-4H3,(H,20,21)/p-1/t14-,15+/m1/s1. The lowest BCUT2D eigenvalue weighted by molar-refractivity contribution is -0.311. The number of amides is 1. The molecular weight excluding hydrogens is 310 g/mol. The van der Waals surface area contributed by atoms with E-state index in [-0.39, 0.29) is 12.5 Å². The number of carboxylic acid groups (broad SMARTS) is 1. The highest BCUT2D eigenvalue weighted by molar-refractivity contribution is 5.74. The molecule has 1 saturated heterocycles. The molecule has 1 fully saturated rings. The molecule has 24 heavy (non-hydrogen) atoms. The van der Waals surface area contributed by atoms with E-state index in [0.717, 1.165) is 11.1 Å². The highest BCUT2D eigenvalue weighted by Crippen LogP contribution is 2.33. The van der Waals surface area contributed by atoms with Crippen LogP contribution in [0.2, 0.25) is 0 Å². The van der Waals surface area contributed by atoms with Crippen LogP contribution in [0.4, 0.5) is 4.79 Å². The normalized spacial score (nSPS) is 20.9. The van der Waals surface area contributed by atoms with Gasteiger partial charge in [0.1, 0.15) is 5.60 Å². The van der Waals surface area contributed by atoms with Crippen molar-refractivity contribution in [1.29, 1.82) is 0 Å². The summed E-state index contributed by atoms with van der Waals surface area (Å²) in [5.41, 5.74) is 1.21. The molecule has 0 radical (unpaired) electrons. The molecule has 1 aliphatic heterocycles. The topological polar surface area (TPSA) is 78.9 Å². The van der Waals surface area contributed by atoms with Gasteiger partial charge in [-0.2, -0.15) is 0 Å². The number of ether oxygens (including phenoxy) is 2. The van der Waals surface area contributed by atoms with Gasteiger partial charge in [0.25, 0.3) is 0 Å². The number of carbonyl (C=O) groups excluding carboxylic acids is 2. The Kier molecular flexibility index (Phi) is 5.49. The molecule has 0 saturated carbocycles. The van der Waals surface area contributed by atoms with E-state index in [1.807, 2.05) is 24.3 Å². The van der Waals surface area contributed by atoms with Crippen molar-refractivity contribution in [1.82, 2.24) is 4.90 Å². The predicted molar refractivity (Wildman–Crippen MR) is 86.2 cm³/mol. The lowest BCUT2D eigenvalue weighted by atomic mass is 9.88. The van der Waals surface area contributed by atoms with Crippen molar-refractivity contribution in [2.75, 3.05) is 20.2 Å². The number of nitrogens with zero attached hydrogens (tertiary/aromatic N) is 1. The van der Waals surface area contributed by atoms with Crippen molar-refractivity contribution in [3.05, 3.63) is 35.4 Å². The Morgan fingerprint density at radius 3 is 2.58 bits per heavy atom. The average Bonchev–Trinajstić information content (AvgIpc) is 2.91. The number of rotatable bonds is 4. The smallest absolute Gasteiger partial charge is 0.410 e. The van der Waals surface area contributed by atoms with Gasteiger partial charge in [-0.05, 0) is 31.9 Å². The van der Waals surface area contributed by atoms with Gasteiger partial charge in [0, 0.05) is 38.0 Å². The van der Waals surface area contributed by atoms with E-state index in [1.54, 1.807) is 27.9 Å². The van der Waals surface area contributed by atoms with Gasteiger partial charge in [0.05, 0.1) is 6.61 Å². The molecule has 1 aromatic rings. The van der Waals surface area contributed by atoms with Gasteiger partial charge in [-0.25, -0.2) is 4.79 Å². The molecule has 0 aromatic heterocycles. The first kappa shape index (κ1) is 18.3. The minimum absolute atomic E-state index is 0.0937. The molecule has 1 aromatic carbocycles. The summed E-state index contributed by atoms with van der Waals surface area (Å²) in [7, 11) is 1.61. The summed E-state index contributed by atoms with van der Waals surface area (Å²) in [6.07, 6.45) is -0.496. The van der Waals surface area contributed by atoms with Crippen LogP contribution in [0.25, 0.3) is 0 Å². The Bertz CT molecular complexity index is 608. The molecule has 0 spiro atoms. The molecule has 1 amide bonds. The lowest BCUT2D eigenvalue weighted by Crippen LogP contribution is -2.38. The third-order valence-electron chi connectivity index (χ3n) is 3.96. The first-order valence-corrected chi connectivity index (χ1v) is 7.98. The minimum Gasteiger partial charge on any atom is -0.550 e. The Balaban J connectivity index is 2.20. The fraction of sp³-hybridized carbons (Fsp3) is 0.556. The molecule has 1 aliphatic rings. The minimum atomic E-state index is -1.15. The number of carboxylic acids is 1. The van der Waals surface area contributed by atoms with E-state index in [4.69, 9.17) is 9.47 Å². The van der Waals surface area contributed by atoms with Crippen LogP contribution in [-0.4, -0.2) is 42.8 Å². The Labute approximate surface area is 142 Å². The summed E-state index contributed by atoms with van der Waals surface area (Å²) in [5.74, 6) is -2.22. The van der Waals surface area contributed by atoms with E-state index in [1.165, 1.54) is 4.90 Å². The first-order chi connectivity index (χ1) is 11.2. The van der Waals surface area contributed by atoms with Gasteiger partial charge in [-0.15, -0.1) is 0 Å². The molecule has 0 bridgehead atoms. The molecular formula is C18H24NO5-.